The van der Waals surface area contributed by atoms with Crippen molar-refractivity contribution >= 4 is 0 Å². The van der Waals surface area contributed by atoms with E-state index in [1.807, 2.05) is 0 Å². The molecular weight excluding hydrogens is 208 g/mol. The number of hydrogen-bond donors (Lipinski definition) is 1. The van der Waals surface area contributed by atoms with E-state index in [4.69, 9.17) is 0 Å². The molecular formula is C15H26N2. The van der Waals surface area contributed by atoms with Crippen molar-refractivity contribution in [2.45, 2.75) is 58.5 Å². The fourth-order valence-electron chi connectivity index (χ4n) is 3.31. The van der Waals surface area contributed by atoms with Gasteiger partial charge >= 0.3 is 0 Å². The number of aryl methyl sites for hydroxylation is 1. The monoisotopic (exact) mass is 234 g/mol. The van der Waals surface area contributed by atoms with E-state index >= 15 is 0 Å². The van der Waals surface area contributed by atoms with Crippen LogP contribution in [0.2, 0.25) is 0 Å². The van der Waals surface area contributed by atoms with Crippen molar-refractivity contribution in [3.8, 4) is 0 Å². The largest absolute Gasteiger partial charge is 0.352 e. The molecule has 0 bridgehead atoms. The Bertz CT molecular complexity index is 346. The Balaban J connectivity index is 2.12. The maximum absolute atomic E-state index is 3.78. The molecule has 1 N–H and O–H groups in total. The Morgan fingerprint density at radius 3 is 2.88 bits per heavy atom. The first-order valence-corrected chi connectivity index (χ1v) is 7.04. The summed E-state index contributed by atoms with van der Waals surface area (Å²) in [6, 6.07) is 4.46. The third kappa shape index (κ3) is 2.92. The van der Waals surface area contributed by atoms with Crippen LogP contribution in [0.5, 0.6) is 0 Å². The molecule has 0 spiro atoms. The highest BCUT2D eigenvalue weighted by Gasteiger charge is 2.34. The predicted octanol–water partition coefficient (Wildman–Crippen LogP) is 3.22. The zero-order valence-electron chi connectivity index (χ0n) is 11.5. The molecule has 1 aromatic heterocycles. The van der Waals surface area contributed by atoms with Crippen LogP contribution in [-0.4, -0.2) is 16.7 Å². The Morgan fingerprint density at radius 2 is 2.29 bits per heavy atom. The van der Waals surface area contributed by atoms with E-state index < -0.39 is 0 Å². The molecule has 1 aliphatic heterocycles. The van der Waals surface area contributed by atoms with Crippen molar-refractivity contribution < 1.29 is 0 Å². The topological polar surface area (TPSA) is 17.0 Å². The van der Waals surface area contributed by atoms with Gasteiger partial charge in [-0.15, -0.1) is 0 Å². The third-order valence-corrected chi connectivity index (χ3v) is 3.91. The van der Waals surface area contributed by atoms with Crippen LogP contribution in [-0.2, 0) is 13.0 Å². The second-order valence-electron chi connectivity index (χ2n) is 5.87. The van der Waals surface area contributed by atoms with Crippen LogP contribution in [0.15, 0.2) is 18.3 Å². The first kappa shape index (κ1) is 12.7. The van der Waals surface area contributed by atoms with Crippen LogP contribution >= 0.6 is 0 Å². The van der Waals surface area contributed by atoms with E-state index in [1.54, 1.807) is 0 Å². The van der Waals surface area contributed by atoms with Gasteiger partial charge in [0.2, 0.25) is 0 Å². The molecule has 0 aromatic carbocycles. The second-order valence-corrected chi connectivity index (χ2v) is 5.87. The minimum Gasteiger partial charge on any atom is -0.352 e. The van der Waals surface area contributed by atoms with E-state index in [9.17, 15) is 0 Å². The summed E-state index contributed by atoms with van der Waals surface area (Å²) in [6.07, 6.45) is 7.35. The van der Waals surface area contributed by atoms with Gasteiger partial charge in [0.15, 0.2) is 0 Å². The Kier molecular flexibility index (Phi) is 3.93. The Labute approximate surface area is 105 Å². The van der Waals surface area contributed by atoms with Gasteiger partial charge in [-0.05, 0) is 50.8 Å². The summed E-state index contributed by atoms with van der Waals surface area (Å²) in [5.41, 5.74) is 1.85. The Hall–Kier alpha value is -0.760. The lowest BCUT2D eigenvalue weighted by Crippen LogP contribution is -2.43. The average molecular weight is 234 g/mol. The summed E-state index contributed by atoms with van der Waals surface area (Å²) in [5.74, 6) is 0.769. The van der Waals surface area contributed by atoms with Gasteiger partial charge in [0, 0.05) is 30.4 Å². The standard InChI is InChI=1S/C15H26N2/c1-4-17-10-5-7-14(17)12-15(11-13(2)3)8-6-9-16-15/h5,7,10,13,16H,4,6,8-9,11-12H2,1-3H3. The molecule has 1 atom stereocenters. The lowest BCUT2D eigenvalue weighted by Gasteiger charge is -2.32. The zero-order valence-corrected chi connectivity index (χ0v) is 11.5. The summed E-state index contributed by atoms with van der Waals surface area (Å²) in [4.78, 5) is 0. The van der Waals surface area contributed by atoms with Crippen molar-refractivity contribution in [3.63, 3.8) is 0 Å². The summed E-state index contributed by atoms with van der Waals surface area (Å²) >= 11 is 0. The highest BCUT2D eigenvalue weighted by Crippen LogP contribution is 2.30. The summed E-state index contributed by atoms with van der Waals surface area (Å²) < 4.78 is 2.38. The highest BCUT2D eigenvalue weighted by molar-refractivity contribution is 5.13. The number of aromatic nitrogens is 1. The SMILES string of the molecule is CCn1cccc1CC1(CC(C)C)CCCN1. The predicted molar refractivity (Wildman–Crippen MR) is 73.2 cm³/mol. The molecule has 96 valence electrons. The molecule has 1 aromatic rings. The molecule has 0 aliphatic carbocycles. The third-order valence-electron chi connectivity index (χ3n) is 3.91. The Morgan fingerprint density at radius 1 is 1.47 bits per heavy atom. The fraction of sp³-hybridized carbons (Fsp3) is 0.733. The number of nitrogens with one attached hydrogen (secondary N) is 1. The van der Waals surface area contributed by atoms with Crippen LogP contribution in [0, 0.1) is 5.92 Å². The molecule has 2 heterocycles. The van der Waals surface area contributed by atoms with E-state index in [-0.39, 0.29) is 0 Å². The van der Waals surface area contributed by atoms with Gasteiger partial charge in [0.25, 0.3) is 0 Å². The molecule has 1 aliphatic rings. The molecule has 1 saturated heterocycles. The van der Waals surface area contributed by atoms with Crippen molar-refractivity contribution in [1.29, 1.82) is 0 Å². The molecule has 0 radical (unpaired) electrons. The number of rotatable bonds is 5. The van der Waals surface area contributed by atoms with Gasteiger partial charge in [-0.1, -0.05) is 13.8 Å². The molecule has 2 heteroatoms. The minimum atomic E-state index is 0.361. The van der Waals surface area contributed by atoms with Crippen molar-refractivity contribution in [2.24, 2.45) is 5.92 Å². The van der Waals surface area contributed by atoms with E-state index in [1.165, 1.54) is 37.9 Å². The smallest absolute Gasteiger partial charge is 0.0239 e. The summed E-state index contributed by atoms with van der Waals surface area (Å²) in [5, 5.41) is 3.78. The van der Waals surface area contributed by atoms with Crippen LogP contribution in [0.3, 0.4) is 0 Å². The van der Waals surface area contributed by atoms with Gasteiger partial charge in [0.1, 0.15) is 0 Å². The fourth-order valence-corrected chi connectivity index (χ4v) is 3.31. The lowest BCUT2D eigenvalue weighted by atomic mass is 9.83. The maximum atomic E-state index is 3.78. The zero-order chi connectivity index (χ0) is 12.3. The van der Waals surface area contributed by atoms with Crippen molar-refractivity contribution in [1.82, 2.24) is 9.88 Å². The molecule has 0 amide bonds. The first-order valence-electron chi connectivity index (χ1n) is 7.04. The quantitative estimate of drug-likeness (QED) is 0.827. The normalized spacial score (nSPS) is 24.7. The van der Waals surface area contributed by atoms with E-state index in [0.29, 0.717) is 5.54 Å². The molecule has 2 rings (SSSR count). The molecule has 1 fully saturated rings. The van der Waals surface area contributed by atoms with Gasteiger partial charge < -0.3 is 9.88 Å². The van der Waals surface area contributed by atoms with Crippen LogP contribution in [0.4, 0.5) is 0 Å². The minimum absolute atomic E-state index is 0.361. The highest BCUT2D eigenvalue weighted by atomic mass is 15.0. The second kappa shape index (κ2) is 5.26. The summed E-state index contributed by atoms with van der Waals surface area (Å²) in [7, 11) is 0. The van der Waals surface area contributed by atoms with Crippen molar-refractivity contribution in [2.75, 3.05) is 6.54 Å². The molecule has 1 unspecified atom stereocenters. The first-order chi connectivity index (χ1) is 8.15. The molecule has 2 nitrogen and oxygen atoms in total. The number of hydrogen-bond acceptors (Lipinski definition) is 1. The number of nitrogens with zero attached hydrogens (tertiary/aromatic N) is 1. The van der Waals surface area contributed by atoms with E-state index in [0.717, 1.165) is 12.5 Å². The van der Waals surface area contributed by atoms with E-state index in [2.05, 4.69) is 49.0 Å². The molecule has 17 heavy (non-hydrogen) atoms. The van der Waals surface area contributed by atoms with Crippen molar-refractivity contribution in [3.05, 3.63) is 24.0 Å². The van der Waals surface area contributed by atoms with Crippen LogP contribution in [0.25, 0.3) is 0 Å². The van der Waals surface area contributed by atoms with Crippen LogP contribution < -0.4 is 5.32 Å². The average Bonchev–Trinajstić information content (AvgIpc) is 2.87. The maximum Gasteiger partial charge on any atom is 0.0239 e. The van der Waals surface area contributed by atoms with Gasteiger partial charge in [-0.3, -0.25) is 0 Å². The lowest BCUT2D eigenvalue weighted by molar-refractivity contribution is 0.296. The van der Waals surface area contributed by atoms with Gasteiger partial charge in [-0.2, -0.15) is 0 Å². The molecule has 0 saturated carbocycles. The van der Waals surface area contributed by atoms with Gasteiger partial charge in [0.05, 0.1) is 0 Å². The van der Waals surface area contributed by atoms with Crippen LogP contribution in [0.1, 0.15) is 45.7 Å². The van der Waals surface area contributed by atoms with Gasteiger partial charge in [-0.25, -0.2) is 0 Å². The summed E-state index contributed by atoms with van der Waals surface area (Å²) in [6.45, 7) is 9.17.